The number of oxime groups is 1. The van der Waals surface area contributed by atoms with Crippen molar-refractivity contribution in [2.24, 2.45) is 5.16 Å². The predicted molar refractivity (Wildman–Crippen MR) is 128 cm³/mol. The quantitative estimate of drug-likeness (QED) is 0.151. The molecule has 2 aliphatic heterocycles. The fourth-order valence-electron chi connectivity index (χ4n) is 3.56. The van der Waals surface area contributed by atoms with Gasteiger partial charge in [-0.05, 0) is 17.7 Å². The lowest BCUT2D eigenvalue weighted by Crippen LogP contribution is -2.71. The number of β-lactam (4-membered cyclic amide) rings is 1. The molecule has 2 aliphatic rings. The van der Waals surface area contributed by atoms with Crippen LogP contribution in [-0.2, 0) is 25.8 Å². The number of allylic oxidation sites excluding steroid dienone is 2. The van der Waals surface area contributed by atoms with Crippen LogP contribution in [-0.4, -0.2) is 67.1 Å². The molecule has 0 radical (unpaired) electrons. The fraction of sp³-hybridized carbons (Fsp3) is 0.250. The minimum Gasteiger partial charge on any atom is -0.477 e. The van der Waals surface area contributed by atoms with Crippen LogP contribution in [0.5, 0.6) is 0 Å². The predicted octanol–water partition coefficient (Wildman–Crippen LogP) is -0.664. The van der Waals surface area contributed by atoms with Gasteiger partial charge in [-0.2, -0.15) is 13.9 Å². The Morgan fingerprint density at radius 3 is 2.91 bits per heavy atom. The Kier molecular flexibility index (Phi) is 6.97. The number of carboxylic acids is 1. The van der Waals surface area contributed by atoms with Crippen LogP contribution in [0.4, 0.5) is 10.8 Å². The number of amides is 2. The Balaban J connectivity index is 1.49. The molecule has 1 saturated heterocycles. The molecule has 2 aromatic rings. The van der Waals surface area contributed by atoms with Gasteiger partial charge in [0.1, 0.15) is 24.2 Å². The summed E-state index contributed by atoms with van der Waals surface area (Å²) in [6, 6.07) is 2.62. The summed E-state index contributed by atoms with van der Waals surface area (Å²) >= 11 is 2.22. The largest absolute Gasteiger partial charge is 0.477 e. The molecule has 2 amide bonds. The van der Waals surface area contributed by atoms with Gasteiger partial charge in [0.2, 0.25) is 11.5 Å². The topological polar surface area (TPSA) is 190 Å². The van der Waals surface area contributed by atoms with Crippen LogP contribution < -0.4 is 21.4 Å². The molecule has 35 heavy (non-hydrogen) atoms. The number of pyridine rings is 1. The molecule has 0 bridgehead atoms. The third-order valence-electron chi connectivity index (χ3n) is 5.05. The van der Waals surface area contributed by atoms with Gasteiger partial charge in [-0.15, -0.1) is 11.8 Å². The van der Waals surface area contributed by atoms with E-state index >= 15 is 0 Å². The molecule has 0 aliphatic carbocycles. The van der Waals surface area contributed by atoms with Crippen molar-refractivity contribution in [3.05, 3.63) is 53.8 Å². The van der Waals surface area contributed by atoms with Crippen LogP contribution in [0, 0.1) is 0 Å². The summed E-state index contributed by atoms with van der Waals surface area (Å²) in [4.78, 5) is 47.5. The summed E-state index contributed by atoms with van der Waals surface area (Å²) < 4.78 is 5.78. The normalized spacial score (nSPS) is 20.0. The second-order valence-corrected chi connectivity index (χ2v) is 9.24. The van der Waals surface area contributed by atoms with Crippen molar-refractivity contribution in [3.63, 3.8) is 0 Å². The number of hydrogen-bond donors (Lipinski definition) is 4. The number of carboxylic acid groups (broad SMARTS) is 1. The lowest BCUT2D eigenvalue weighted by atomic mass is 10.0. The highest BCUT2D eigenvalue weighted by Crippen LogP contribution is 2.40. The molecule has 0 spiro atoms. The van der Waals surface area contributed by atoms with Gasteiger partial charge in [0.15, 0.2) is 24.1 Å². The number of nitrogens with zero attached hydrogens (tertiary/aromatic N) is 5. The Morgan fingerprint density at radius 1 is 1.46 bits per heavy atom. The summed E-state index contributed by atoms with van der Waals surface area (Å²) in [5.74, 6) is -2.22. The van der Waals surface area contributed by atoms with Crippen LogP contribution in [0.1, 0.15) is 5.82 Å². The van der Waals surface area contributed by atoms with Gasteiger partial charge in [0, 0.05) is 23.4 Å². The molecule has 1 unspecified atom stereocenters. The lowest BCUT2D eigenvalue weighted by Gasteiger charge is -2.49. The highest BCUT2D eigenvalue weighted by Gasteiger charge is 2.54. The van der Waals surface area contributed by atoms with Gasteiger partial charge in [-0.1, -0.05) is 11.2 Å². The molecule has 0 aromatic carbocycles. The summed E-state index contributed by atoms with van der Waals surface area (Å²) in [5, 5.41) is 15.6. The van der Waals surface area contributed by atoms with Crippen LogP contribution >= 0.6 is 23.3 Å². The average Bonchev–Trinajstić information content (AvgIpc) is 3.26. The summed E-state index contributed by atoms with van der Waals surface area (Å²) in [5.41, 5.74) is 12.1. The minimum atomic E-state index is -1.23. The maximum atomic E-state index is 12.9. The number of aliphatic carboxylic acids is 1. The highest BCUT2D eigenvalue weighted by atomic mass is 32.2. The van der Waals surface area contributed by atoms with Crippen molar-refractivity contribution >= 4 is 57.6 Å². The number of nitrogen functional groups attached to an aromatic ring is 2. The molecular weight excluding hydrogens is 496 g/mol. The second-order valence-electron chi connectivity index (χ2n) is 7.36. The summed E-state index contributed by atoms with van der Waals surface area (Å²) in [6.45, 7) is 0.471. The van der Waals surface area contributed by atoms with Crippen molar-refractivity contribution in [1.29, 1.82) is 0 Å². The Hall–Kier alpha value is -3.98. The van der Waals surface area contributed by atoms with E-state index in [4.69, 9.17) is 16.3 Å². The zero-order valence-electron chi connectivity index (χ0n) is 18.3. The van der Waals surface area contributed by atoms with E-state index in [0.717, 1.165) is 11.5 Å². The number of carbonyl (C=O) groups excluding carboxylic acids is 2. The molecule has 2 aromatic heterocycles. The maximum Gasteiger partial charge on any atom is 0.352 e. The first-order valence-corrected chi connectivity index (χ1v) is 12.0. The number of nitrogens with one attached hydrogen (secondary N) is 1. The molecule has 4 rings (SSSR count). The summed E-state index contributed by atoms with van der Waals surface area (Å²) in [6.07, 6.45) is 7.07. The molecule has 4 heterocycles. The van der Waals surface area contributed by atoms with Gasteiger partial charge in [-0.3, -0.25) is 14.5 Å². The number of hydrogen-bond acceptors (Lipinski definition) is 11. The van der Waals surface area contributed by atoms with E-state index in [1.807, 2.05) is 16.8 Å². The first-order chi connectivity index (χ1) is 16.8. The van der Waals surface area contributed by atoms with Gasteiger partial charge < -0.3 is 26.7 Å². The van der Waals surface area contributed by atoms with E-state index in [0.29, 0.717) is 23.6 Å². The third kappa shape index (κ3) is 4.95. The van der Waals surface area contributed by atoms with Crippen LogP contribution in [0.3, 0.4) is 0 Å². The molecule has 6 N–H and O–H groups in total. The van der Waals surface area contributed by atoms with Crippen molar-refractivity contribution in [2.45, 2.75) is 18.0 Å². The van der Waals surface area contributed by atoms with E-state index in [1.54, 1.807) is 24.4 Å². The Bertz CT molecular complexity index is 1270. The first kappa shape index (κ1) is 24.2. The number of anilines is 2. The molecule has 1 fully saturated rings. The van der Waals surface area contributed by atoms with Crippen molar-refractivity contribution in [1.82, 2.24) is 19.6 Å². The molecule has 15 heteroatoms. The summed E-state index contributed by atoms with van der Waals surface area (Å²) in [7, 11) is 1.25. The molecular formula is C20H21N8O5S2+. The van der Waals surface area contributed by atoms with E-state index < -0.39 is 29.2 Å². The average molecular weight is 518 g/mol. The number of rotatable bonds is 8. The van der Waals surface area contributed by atoms with Crippen LogP contribution in [0.25, 0.3) is 0 Å². The standard InChI is InChI=1S/C20H20N8O5S2/c1-33-25-12(15-24-20(22)35-26-15)16(29)23-13-17(30)28-14(19(31)32)10(9-34-18(13)28)4-2-6-27-7-3-5-11(21)8-27/h2-5,7-8,13,18H,6,9,21H2,1H3,(H3-,22,23,24,26,29,31,32)/p+1/t13?,18-/m1/s1. The zero-order valence-corrected chi connectivity index (χ0v) is 20.0. The number of aromatic nitrogens is 3. The van der Waals surface area contributed by atoms with Crippen molar-refractivity contribution < 1.29 is 28.9 Å². The monoisotopic (exact) mass is 517 g/mol. The van der Waals surface area contributed by atoms with Gasteiger partial charge in [0.05, 0.1) is 5.69 Å². The first-order valence-electron chi connectivity index (χ1n) is 10.1. The minimum absolute atomic E-state index is 0.0386. The van der Waals surface area contributed by atoms with E-state index in [2.05, 4.69) is 19.8 Å². The molecule has 0 saturated carbocycles. The number of fused-ring (bicyclic) bond motifs is 1. The smallest absolute Gasteiger partial charge is 0.352 e. The molecule has 2 atom stereocenters. The fourth-order valence-corrected chi connectivity index (χ4v) is 5.31. The van der Waals surface area contributed by atoms with Gasteiger partial charge in [-0.25, -0.2) is 4.79 Å². The Labute approximate surface area is 207 Å². The number of thioether (sulfide) groups is 1. The Morgan fingerprint density at radius 2 is 2.26 bits per heavy atom. The van der Waals surface area contributed by atoms with Crippen molar-refractivity contribution in [3.8, 4) is 0 Å². The number of carbonyl (C=O) groups is 3. The van der Waals surface area contributed by atoms with Crippen molar-refractivity contribution in [2.75, 3.05) is 24.3 Å². The van der Waals surface area contributed by atoms with E-state index in [1.165, 1.54) is 23.8 Å². The van der Waals surface area contributed by atoms with Gasteiger partial charge in [0.25, 0.3) is 11.8 Å². The van der Waals surface area contributed by atoms with Gasteiger partial charge >= 0.3 is 5.97 Å². The second kappa shape index (κ2) is 10.1. The maximum absolute atomic E-state index is 12.9. The number of nitrogens with two attached hydrogens (primary N) is 2. The van der Waals surface area contributed by atoms with Crippen LogP contribution in [0.15, 0.2) is 53.1 Å². The highest BCUT2D eigenvalue weighted by molar-refractivity contribution is 8.00. The lowest BCUT2D eigenvalue weighted by molar-refractivity contribution is -0.686. The third-order valence-corrected chi connectivity index (χ3v) is 6.90. The van der Waals surface area contributed by atoms with E-state index in [-0.39, 0.29) is 22.4 Å². The van der Waals surface area contributed by atoms with E-state index in [9.17, 15) is 19.5 Å². The SMILES string of the molecule is CON=C(C(=O)NC1C(=O)N2C(C(=O)O)=C(C=CC[n+]3cccc(N)c3)CS[C@H]12)c1nsc(N)n1. The molecule has 182 valence electrons. The zero-order chi connectivity index (χ0) is 25.1. The molecule has 13 nitrogen and oxygen atoms in total. The van der Waals surface area contributed by atoms with Crippen LogP contribution in [0.2, 0.25) is 0 Å².